The van der Waals surface area contributed by atoms with Crippen molar-refractivity contribution in [1.29, 1.82) is 0 Å². The van der Waals surface area contributed by atoms with E-state index in [-0.39, 0.29) is 16.6 Å². The zero-order chi connectivity index (χ0) is 16.9. The third kappa shape index (κ3) is 4.21. The zero-order valence-corrected chi connectivity index (χ0v) is 14.2. The van der Waals surface area contributed by atoms with Gasteiger partial charge in [-0.2, -0.15) is 4.31 Å². The highest BCUT2D eigenvalue weighted by atomic mass is 32.2. The SMILES string of the molecule is CCCC(=O)Nc1ccc(OC)c(S(=O)(=O)N2CCOCC2)c1. The summed E-state index contributed by atoms with van der Waals surface area (Å²) in [5, 5.41) is 2.71. The number of benzene rings is 1. The molecule has 23 heavy (non-hydrogen) atoms. The molecule has 1 aliphatic rings. The predicted molar refractivity (Wildman–Crippen MR) is 86.1 cm³/mol. The molecule has 2 rings (SSSR count). The number of hydrogen-bond acceptors (Lipinski definition) is 5. The van der Waals surface area contributed by atoms with Crippen LogP contribution in [-0.2, 0) is 19.6 Å². The molecule has 128 valence electrons. The Balaban J connectivity index is 2.33. The molecule has 1 N–H and O–H groups in total. The second-order valence-corrected chi connectivity index (χ2v) is 7.09. The molecule has 0 aromatic heterocycles. The third-order valence-electron chi connectivity index (χ3n) is 3.51. The van der Waals surface area contributed by atoms with Gasteiger partial charge in [0.25, 0.3) is 0 Å². The molecule has 8 heteroatoms. The van der Waals surface area contributed by atoms with Gasteiger partial charge in [-0.1, -0.05) is 6.92 Å². The van der Waals surface area contributed by atoms with Gasteiger partial charge in [-0.25, -0.2) is 8.42 Å². The molecule has 0 bridgehead atoms. The number of nitrogens with one attached hydrogen (secondary N) is 1. The molecule has 7 nitrogen and oxygen atoms in total. The fraction of sp³-hybridized carbons (Fsp3) is 0.533. The Morgan fingerprint density at radius 2 is 2.04 bits per heavy atom. The Kier molecular flexibility index (Phi) is 5.97. The largest absolute Gasteiger partial charge is 0.495 e. The smallest absolute Gasteiger partial charge is 0.246 e. The molecule has 0 unspecified atom stereocenters. The lowest BCUT2D eigenvalue weighted by Crippen LogP contribution is -2.40. The van der Waals surface area contributed by atoms with Gasteiger partial charge in [-0.3, -0.25) is 4.79 Å². The summed E-state index contributed by atoms with van der Waals surface area (Å²) in [5.41, 5.74) is 0.441. The third-order valence-corrected chi connectivity index (χ3v) is 5.43. The van der Waals surface area contributed by atoms with Crippen molar-refractivity contribution in [2.75, 3.05) is 38.7 Å². The van der Waals surface area contributed by atoms with Crippen molar-refractivity contribution in [2.24, 2.45) is 0 Å². The molecule has 1 aromatic rings. The molecular weight excluding hydrogens is 320 g/mol. The fourth-order valence-electron chi connectivity index (χ4n) is 2.33. The number of rotatable bonds is 6. The molecular formula is C15H22N2O5S. The maximum absolute atomic E-state index is 12.8. The minimum absolute atomic E-state index is 0.0520. The summed E-state index contributed by atoms with van der Waals surface area (Å²) in [6, 6.07) is 4.62. The van der Waals surface area contributed by atoms with Crippen LogP contribution in [0.2, 0.25) is 0 Å². The van der Waals surface area contributed by atoms with Crippen LogP contribution in [-0.4, -0.2) is 52.0 Å². The van der Waals surface area contributed by atoms with E-state index in [9.17, 15) is 13.2 Å². The minimum atomic E-state index is -3.70. The normalized spacial score (nSPS) is 16.1. The molecule has 1 aromatic carbocycles. The first-order chi connectivity index (χ1) is 11.0. The Morgan fingerprint density at radius 1 is 1.35 bits per heavy atom. The Labute approximate surface area is 136 Å². The number of hydrogen-bond donors (Lipinski definition) is 1. The lowest BCUT2D eigenvalue weighted by Gasteiger charge is -2.26. The minimum Gasteiger partial charge on any atom is -0.495 e. The summed E-state index contributed by atoms with van der Waals surface area (Å²) in [6.07, 6.45) is 1.11. The molecule has 1 fully saturated rings. The van der Waals surface area contributed by atoms with Gasteiger partial charge in [0.2, 0.25) is 15.9 Å². The van der Waals surface area contributed by atoms with Gasteiger partial charge in [0, 0.05) is 25.2 Å². The monoisotopic (exact) mass is 342 g/mol. The van der Waals surface area contributed by atoms with Gasteiger partial charge < -0.3 is 14.8 Å². The summed E-state index contributed by atoms with van der Waals surface area (Å²) in [6.45, 7) is 3.25. The second kappa shape index (κ2) is 7.76. The van der Waals surface area contributed by atoms with Crippen molar-refractivity contribution in [3.63, 3.8) is 0 Å². The van der Waals surface area contributed by atoms with E-state index < -0.39 is 10.0 Å². The van der Waals surface area contributed by atoms with Crippen molar-refractivity contribution in [2.45, 2.75) is 24.7 Å². The fourth-order valence-corrected chi connectivity index (χ4v) is 3.92. The number of carbonyl (C=O) groups excluding carboxylic acids is 1. The van der Waals surface area contributed by atoms with Crippen LogP contribution in [0.1, 0.15) is 19.8 Å². The van der Waals surface area contributed by atoms with Gasteiger partial charge in [-0.15, -0.1) is 0 Å². The lowest BCUT2D eigenvalue weighted by atomic mass is 10.2. The molecule has 0 radical (unpaired) electrons. The Hall–Kier alpha value is -1.64. The zero-order valence-electron chi connectivity index (χ0n) is 13.4. The molecule has 0 aliphatic carbocycles. The number of methoxy groups -OCH3 is 1. The molecule has 0 saturated carbocycles. The predicted octanol–water partition coefficient (Wildman–Crippen LogP) is 1.45. The summed E-state index contributed by atoms with van der Waals surface area (Å²) in [4.78, 5) is 11.8. The first-order valence-electron chi connectivity index (χ1n) is 7.55. The van der Waals surface area contributed by atoms with E-state index in [1.165, 1.54) is 17.5 Å². The van der Waals surface area contributed by atoms with Crippen LogP contribution in [0, 0.1) is 0 Å². The number of anilines is 1. The van der Waals surface area contributed by atoms with Crippen molar-refractivity contribution >= 4 is 21.6 Å². The number of carbonyl (C=O) groups is 1. The number of sulfonamides is 1. The van der Waals surface area contributed by atoms with Crippen molar-refractivity contribution in [1.82, 2.24) is 4.31 Å². The highest BCUT2D eigenvalue weighted by Crippen LogP contribution is 2.30. The van der Waals surface area contributed by atoms with Gasteiger partial charge in [-0.05, 0) is 24.6 Å². The molecule has 0 atom stereocenters. The van der Waals surface area contributed by atoms with Gasteiger partial charge in [0.15, 0.2) is 0 Å². The van der Waals surface area contributed by atoms with Crippen LogP contribution in [0.25, 0.3) is 0 Å². The first-order valence-corrected chi connectivity index (χ1v) is 8.99. The number of amides is 1. The van der Waals surface area contributed by atoms with Crippen LogP contribution in [0.5, 0.6) is 5.75 Å². The summed E-state index contributed by atoms with van der Waals surface area (Å²) in [5.74, 6) is 0.109. The number of morpholine rings is 1. The van der Waals surface area contributed by atoms with E-state index in [0.717, 1.165) is 6.42 Å². The van der Waals surface area contributed by atoms with Crippen LogP contribution < -0.4 is 10.1 Å². The standard InChI is InChI=1S/C15H22N2O5S/c1-3-4-15(18)16-12-5-6-13(21-2)14(11-12)23(19,20)17-7-9-22-10-8-17/h5-6,11H,3-4,7-10H2,1-2H3,(H,16,18). The van der Waals surface area contributed by atoms with Crippen LogP contribution in [0.15, 0.2) is 23.1 Å². The van der Waals surface area contributed by atoms with E-state index >= 15 is 0 Å². The lowest BCUT2D eigenvalue weighted by molar-refractivity contribution is -0.116. The van der Waals surface area contributed by atoms with Crippen molar-refractivity contribution < 1.29 is 22.7 Å². The van der Waals surface area contributed by atoms with Crippen molar-refractivity contribution in [3.8, 4) is 5.75 Å². The van der Waals surface area contributed by atoms with E-state index in [4.69, 9.17) is 9.47 Å². The van der Waals surface area contributed by atoms with E-state index in [2.05, 4.69) is 5.32 Å². The van der Waals surface area contributed by atoms with E-state index in [1.54, 1.807) is 12.1 Å². The summed E-state index contributed by atoms with van der Waals surface area (Å²) < 4.78 is 37.4. The Bertz CT molecular complexity index is 654. The van der Waals surface area contributed by atoms with Crippen LogP contribution in [0.4, 0.5) is 5.69 Å². The maximum atomic E-state index is 12.8. The first kappa shape index (κ1) is 17.7. The van der Waals surface area contributed by atoms with E-state index in [1.807, 2.05) is 6.92 Å². The van der Waals surface area contributed by atoms with Gasteiger partial charge in [0.1, 0.15) is 10.6 Å². The van der Waals surface area contributed by atoms with Crippen LogP contribution in [0.3, 0.4) is 0 Å². The highest BCUT2D eigenvalue weighted by molar-refractivity contribution is 7.89. The summed E-state index contributed by atoms with van der Waals surface area (Å²) >= 11 is 0. The second-order valence-electron chi connectivity index (χ2n) is 5.18. The molecule has 1 aliphatic heterocycles. The van der Waals surface area contributed by atoms with Crippen molar-refractivity contribution in [3.05, 3.63) is 18.2 Å². The summed E-state index contributed by atoms with van der Waals surface area (Å²) in [7, 11) is -2.28. The quantitative estimate of drug-likeness (QED) is 0.846. The maximum Gasteiger partial charge on any atom is 0.246 e. The topological polar surface area (TPSA) is 84.9 Å². The number of ether oxygens (including phenoxy) is 2. The van der Waals surface area contributed by atoms with Gasteiger partial charge in [0.05, 0.1) is 20.3 Å². The van der Waals surface area contributed by atoms with Crippen LogP contribution >= 0.6 is 0 Å². The molecule has 0 spiro atoms. The molecule has 1 heterocycles. The highest BCUT2D eigenvalue weighted by Gasteiger charge is 2.29. The molecule has 1 saturated heterocycles. The number of nitrogens with zero attached hydrogens (tertiary/aromatic N) is 1. The average molecular weight is 342 g/mol. The van der Waals surface area contributed by atoms with Gasteiger partial charge >= 0.3 is 0 Å². The molecule has 1 amide bonds. The Morgan fingerprint density at radius 3 is 2.65 bits per heavy atom. The average Bonchev–Trinajstić information content (AvgIpc) is 2.56. The van der Waals surface area contributed by atoms with E-state index in [0.29, 0.717) is 38.4 Å².